The van der Waals surface area contributed by atoms with E-state index < -0.39 is 0 Å². The van der Waals surface area contributed by atoms with Crippen molar-refractivity contribution in [3.8, 4) is 11.5 Å². The monoisotopic (exact) mass is 354 g/mol. The van der Waals surface area contributed by atoms with Crippen LogP contribution in [0.4, 0.5) is 0 Å². The smallest absolute Gasteiger partial charge is 0.123 e. The normalized spacial score (nSPS) is 12.2. The largest absolute Gasteiger partial charge is 0.508 e. The zero-order chi connectivity index (χ0) is 18.9. The van der Waals surface area contributed by atoms with Crippen molar-refractivity contribution in [3.05, 3.63) is 58.7 Å². The van der Waals surface area contributed by atoms with Crippen LogP contribution in [0.25, 0.3) is 0 Å². The first-order valence-electron chi connectivity index (χ1n) is 10.2. The number of phenolic OH excluding ortho intramolecular Hbond substituents is 1. The Labute approximate surface area is 159 Å². The maximum absolute atomic E-state index is 10.0. The topological polar surface area (TPSA) is 29.5 Å². The van der Waals surface area contributed by atoms with Crippen LogP contribution in [0.15, 0.2) is 36.4 Å². The Bertz CT molecular complexity index is 691. The van der Waals surface area contributed by atoms with Gasteiger partial charge in [-0.1, -0.05) is 64.3 Å². The van der Waals surface area contributed by atoms with Gasteiger partial charge in [0.25, 0.3) is 0 Å². The molecule has 0 aliphatic carbocycles. The third-order valence-electron chi connectivity index (χ3n) is 4.83. The molecule has 2 heteroatoms. The summed E-state index contributed by atoms with van der Waals surface area (Å²) in [7, 11) is 0. The standard InChI is InChI=1S/C24H34O2/c1-5-10-19-15-16-24(22(12-7-3)21(19)11-6-2)26-18(4)17-20-13-8-9-14-23(20)25/h8-9,13-16,18,25H,5-7,10-12,17H2,1-4H3. The molecule has 142 valence electrons. The summed E-state index contributed by atoms with van der Waals surface area (Å²) in [5.74, 6) is 1.37. The molecule has 2 nitrogen and oxygen atoms in total. The van der Waals surface area contributed by atoms with E-state index in [1.54, 1.807) is 6.07 Å². The number of phenols is 1. The van der Waals surface area contributed by atoms with Crippen LogP contribution >= 0.6 is 0 Å². The molecule has 1 unspecified atom stereocenters. The van der Waals surface area contributed by atoms with Crippen molar-refractivity contribution >= 4 is 0 Å². The summed E-state index contributed by atoms with van der Waals surface area (Å²) in [5.41, 5.74) is 5.32. The molecule has 26 heavy (non-hydrogen) atoms. The molecule has 0 saturated carbocycles. The van der Waals surface area contributed by atoms with E-state index in [0.29, 0.717) is 12.2 Å². The Morgan fingerprint density at radius 1 is 0.808 bits per heavy atom. The van der Waals surface area contributed by atoms with Crippen LogP contribution in [-0.2, 0) is 25.7 Å². The third-order valence-corrected chi connectivity index (χ3v) is 4.83. The van der Waals surface area contributed by atoms with Gasteiger partial charge in [0.05, 0.1) is 0 Å². The lowest BCUT2D eigenvalue weighted by Crippen LogP contribution is -2.17. The van der Waals surface area contributed by atoms with E-state index in [1.807, 2.05) is 18.2 Å². The molecule has 1 atom stereocenters. The van der Waals surface area contributed by atoms with Crippen LogP contribution in [0.3, 0.4) is 0 Å². The Morgan fingerprint density at radius 2 is 1.46 bits per heavy atom. The van der Waals surface area contributed by atoms with Crippen molar-refractivity contribution in [2.75, 3.05) is 0 Å². The quantitative estimate of drug-likeness (QED) is 0.545. The lowest BCUT2D eigenvalue weighted by Gasteiger charge is -2.22. The molecule has 0 aliphatic rings. The van der Waals surface area contributed by atoms with Gasteiger partial charge in [0, 0.05) is 6.42 Å². The number of hydrogen-bond acceptors (Lipinski definition) is 2. The first kappa shape index (κ1) is 20.4. The maximum Gasteiger partial charge on any atom is 0.123 e. The van der Waals surface area contributed by atoms with Crippen LogP contribution in [0, 0.1) is 0 Å². The summed E-state index contributed by atoms with van der Waals surface area (Å²) in [6.45, 7) is 8.81. The molecule has 0 saturated heterocycles. The van der Waals surface area contributed by atoms with Crippen molar-refractivity contribution in [2.45, 2.75) is 78.7 Å². The molecule has 0 amide bonds. The molecule has 0 heterocycles. The van der Waals surface area contributed by atoms with Gasteiger partial charge in [0.2, 0.25) is 0 Å². The van der Waals surface area contributed by atoms with E-state index in [4.69, 9.17) is 4.74 Å². The fraction of sp³-hybridized carbons (Fsp3) is 0.500. The van der Waals surface area contributed by atoms with Crippen molar-refractivity contribution in [1.29, 1.82) is 0 Å². The van der Waals surface area contributed by atoms with Gasteiger partial charge in [-0.2, -0.15) is 0 Å². The van der Waals surface area contributed by atoms with Crippen molar-refractivity contribution in [2.24, 2.45) is 0 Å². The fourth-order valence-electron chi connectivity index (χ4n) is 3.67. The summed E-state index contributed by atoms with van der Waals surface area (Å²) in [5, 5.41) is 10.0. The predicted octanol–water partition coefficient (Wildman–Crippen LogP) is 6.26. The molecule has 0 aliphatic heterocycles. The fourth-order valence-corrected chi connectivity index (χ4v) is 3.67. The molecular weight excluding hydrogens is 320 g/mol. The maximum atomic E-state index is 10.0. The van der Waals surface area contributed by atoms with Gasteiger partial charge < -0.3 is 9.84 Å². The second kappa shape index (κ2) is 10.3. The van der Waals surface area contributed by atoms with Crippen LogP contribution in [-0.4, -0.2) is 11.2 Å². The Kier molecular flexibility index (Phi) is 8.03. The van der Waals surface area contributed by atoms with E-state index in [2.05, 4.69) is 39.8 Å². The summed E-state index contributed by atoms with van der Waals surface area (Å²) >= 11 is 0. The molecule has 0 spiro atoms. The van der Waals surface area contributed by atoms with Gasteiger partial charge in [0.1, 0.15) is 17.6 Å². The minimum absolute atomic E-state index is 0.0189. The lowest BCUT2D eigenvalue weighted by molar-refractivity contribution is 0.218. The number of aryl methyl sites for hydroxylation is 1. The molecule has 2 rings (SSSR count). The van der Waals surface area contributed by atoms with E-state index in [0.717, 1.165) is 43.4 Å². The van der Waals surface area contributed by atoms with E-state index in [1.165, 1.54) is 23.1 Å². The van der Waals surface area contributed by atoms with E-state index >= 15 is 0 Å². The number of rotatable bonds is 10. The second-order valence-corrected chi connectivity index (χ2v) is 7.19. The minimum atomic E-state index is 0.0189. The van der Waals surface area contributed by atoms with Gasteiger partial charge in [0.15, 0.2) is 0 Å². The van der Waals surface area contributed by atoms with Gasteiger partial charge in [-0.25, -0.2) is 0 Å². The molecule has 0 aromatic heterocycles. The van der Waals surface area contributed by atoms with Crippen molar-refractivity contribution in [3.63, 3.8) is 0 Å². The summed E-state index contributed by atoms with van der Waals surface area (Å²) in [6, 6.07) is 11.9. The number of benzene rings is 2. The van der Waals surface area contributed by atoms with Crippen LogP contribution in [0.5, 0.6) is 11.5 Å². The molecular formula is C24H34O2. The third kappa shape index (κ3) is 5.27. The van der Waals surface area contributed by atoms with Crippen molar-refractivity contribution < 1.29 is 9.84 Å². The SMILES string of the molecule is CCCc1ccc(OC(C)Cc2ccccc2O)c(CCC)c1CCC. The van der Waals surface area contributed by atoms with Crippen LogP contribution < -0.4 is 4.74 Å². The Balaban J connectivity index is 2.26. The Hall–Kier alpha value is -1.96. The predicted molar refractivity (Wildman–Crippen MR) is 110 cm³/mol. The minimum Gasteiger partial charge on any atom is -0.508 e. The van der Waals surface area contributed by atoms with E-state index in [9.17, 15) is 5.11 Å². The van der Waals surface area contributed by atoms with Gasteiger partial charge >= 0.3 is 0 Å². The van der Waals surface area contributed by atoms with Crippen LogP contribution in [0.2, 0.25) is 0 Å². The average Bonchev–Trinajstić information content (AvgIpc) is 2.62. The molecule has 0 radical (unpaired) electrons. The zero-order valence-corrected chi connectivity index (χ0v) is 16.8. The van der Waals surface area contributed by atoms with Gasteiger partial charge in [-0.15, -0.1) is 0 Å². The highest BCUT2D eigenvalue weighted by atomic mass is 16.5. The molecule has 2 aromatic rings. The zero-order valence-electron chi connectivity index (χ0n) is 16.8. The van der Waals surface area contributed by atoms with Crippen molar-refractivity contribution in [1.82, 2.24) is 0 Å². The molecule has 1 N–H and O–H groups in total. The summed E-state index contributed by atoms with van der Waals surface area (Å²) < 4.78 is 6.37. The lowest BCUT2D eigenvalue weighted by atomic mass is 9.91. The number of ether oxygens (including phenoxy) is 1. The molecule has 2 aromatic carbocycles. The first-order valence-corrected chi connectivity index (χ1v) is 10.2. The van der Waals surface area contributed by atoms with Gasteiger partial charge in [-0.05, 0) is 60.6 Å². The average molecular weight is 355 g/mol. The Morgan fingerprint density at radius 3 is 2.12 bits per heavy atom. The van der Waals surface area contributed by atoms with E-state index in [-0.39, 0.29) is 6.10 Å². The summed E-state index contributed by atoms with van der Waals surface area (Å²) in [4.78, 5) is 0. The molecule has 0 bridgehead atoms. The number of hydrogen-bond donors (Lipinski definition) is 1. The highest BCUT2D eigenvalue weighted by molar-refractivity contribution is 5.46. The molecule has 0 fully saturated rings. The van der Waals surface area contributed by atoms with Crippen LogP contribution in [0.1, 0.15) is 69.2 Å². The van der Waals surface area contributed by atoms with Gasteiger partial charge in [-0.3, -0.25) is 0 Å². The first-order chi connectivity index (χ1) is 12.6. The number of aromatic hydroxyl groups is 1. The summed E-state index contributed by atoms with van der Waals surface area (Å²) in [6.07, 6.45) is 7.50. The highest BCUT2D eigenvalue weighted by Crippen LogP contribution is 2.31. The second-order valence-electron chi connectivity index (χ2n) is 7.19. The number of para-hydroxylation sites is 1. The highest BCUT2D eigenvalue weighted by Gasteiger charge is 2.16.